The van der Waals surface area contributed by atoms with Gasteiger partial charge in [0.1, 0.15) is 0 Å². The maximum atomic E-state index is 11.6. The molecule has 0 saturated heterocycles. The van der Waals surface area contributed by atoms with Gasteiger partial charge in [0.15, 0.2) is 0 Å². The summed E-state index contributed by atoms with van der Waals surface area (Å²) in [6.07, 6.45) is 1.65. The van der Waals surface area contributed by atoms with Gasteiger partial charge in [-0.05, 0) is 24.2 Å². The normalized spacial score (nSPS) is 13.9. The lowest BCUT2D eigenvalue weighted by molar-refractivity contribution is -0.123. The first-order valence-corrected chi connectivity index (χ1v) is 5.94. The van der Waals surface area contributed by atoms with E-state index in [1.165, 1.54) is 0 Å². The van der Waals surface area contributed by atoms with Crippen LogP contribution in [-0.4, -0.2) is 30.2 Å². The lowest BCUT2D eigenvalue weighted by atomic mass is 9.87. The van der Waals surface area contributed by atoms with Gasteiger partial charge in [-0.1, -0.05) is 27.7 Å². The summed E-state index contributed by atoms with van der Waals surface area (Å²) in [5.74, 6) is 0.0626. The van der Waals surface area contributed by atoms with Crippen molar-refractivity contribution < 1.29 is 9.90 Å². The van der Waals surface area contributed by atoms with Gasteiger partial charge >= 0.3 is 0 Å². The highest BCUT2D eigenvalue weighted by Gasteiger charge is 2.21. The molecule has 16 heavy (non-hydrogen) atoms. The average molecular weight is 230 g/mol. The number of hydrogen-bond acceptors (Lipinski definition) is 3. The number of carbonyl (C=O) groups is 1. The third kappa shape index (κ3) is 6.08. The second kappa shape index (κ2) is 6.86. The molecule has 96 valence electrons. The maximum Gasteiger partial charge on any atom is 0.237 e. The average Bonchev–Trinajstić information content (AvgIpc) is 2.22. The quantitative estimate of drug-likeness (QED) is 0.608. The zero-order chi connectivity index (χ0) is 12.8. The fourth-order valence-electron chi connectivity index (χ4n) is 1.39. The number of hydrogen-bond donors (Lipinski definition) is 3. The molecule has 0 aromatic heterocycles. The largest absolute Gasteiger partial charge is 0.396 e. The van der Waals surface area contributed by atoms with Crippen LogP contribution >= 0.6 is 0 Å². The number of nitrogens with one attached hydrogen (secondary N) is 1. The van der Waals surface area contributed by atoms with Gasteiger partial charge in [0.25, 0.3) is 0 Å². The second-order valence-electron chi connectivity index (χ2n) is 5.48. The van der Waals surface area contributed by atoms with E-state index in [1.54, 1.807) is 0 Å². The molecule has 0 heterocycles. The Morgan fingerprint density at radius 2 is 2.00 bits per heavy atom. The summed E-state index contributed by atoms with van der Waals surface area (Å²) in [6, 6.07) is -0.436. The van der Waals surface area contributed by atoms with Crippen LogP contribution in [-0.2, 0) is 4.79 Å². The molecular weight excluding hydrogens is 204 g/mol. The van der Waals surface area contributed by atoms with Gasteiger partial charge in [-0.25, -0.2) is 0 Å². The van der Waals surface area contributed by atoms with Crippen LogP contribution in [0.5, 0.6) is 0 Å². The molecule has 4 heteroatoms. The molecule has 1 atom stereocenters. The zero-order valence-electron chi connectivity index (χ0n) is 10.9. The molecule has 0 aliphatic carbocycles. The molecule has 0 unspecified atom stereocenters. The lowest BCUT2D eigenvalue weighted by Gasteiger charge is -2.26. The smallest absolute Gasteiger partial charge is 0.237 e. The van der Waals surface area contributed by atoms with Crippen molar-refractivity contribution in [2.45, 2.75) is 46.6 Å². The molecular formula is C12H26N2O2. The molecule has 0 aromatic rings. The van der Waals surface area contributed by atoms with E-state index >= 15 is 0 Å². The highest BCUT2D eigenvalue weighted by molar-refractivity contribution is 5.81. The standard InChI is InChI=1S/C12H26N2O2/c1-9(2)10(13)11(16)14-8-12(3,4)6-5-7-15/h9-10,15H,5-8,13H2,1-4H3,(H,14,16)/t10-/m0/s1. The number of carbonyl (C=O) groups excluding carboxylic acids is 1. The van der Waals surface area contributed by atoms with Gasteiger partial charge in [0, 0.05) is 13.2 Å². The summed E-state index contributed by atoms with van der Waals surface area (Å²) in [6.45, 7) is 8.81. The molecule has 0 fully saturated rings. The van der Waals surface area contributed by atoms with Crippen molar-refractivity contribution in [3.63, 3.8) is 0 Å². The molecule has 4 nitrogen and oxygen atoms in total. The van der Waals surface area contributed by atoms with E-state index in [1.807, 2.05) is 13.8 Å². The third-order valence-electron chi connectivity index (χ3n) is 2.77. The molecule has 1 amide bonds. The van der Waals surface area contributed by atoms with Crippen molar-refractivity contribution in [1.29, 1.82) is 0 Å². The number of amides is 1. The molecule has 0 aromatic carbocycles. The number of nitrogens with two attached hydrogens (primary N) is 1. The summed E-state index contributed by atoms with van der Waals surface area (Å²) >= 11 is 0. The van der Waals surface area contributed by atoms with E-state index in [-0.39, 0.29) is 23.8 Å². The van der Waals surface area contributed by atoms with E-state index in [2.05, 4.69) is 19.2 Å². The maximum absolute atomic E-state index is 11.6. The second-order valence-corrected chi connectivity index (χ2v) is 5.48. The van der Waals surface area contributed by atoms with Crippen molar-refractivity contribution in [2.75, 3.05) is 13.2 Å². The Bertz CT molecular complexity index is 215. The van der Waals surface area contributed by atoms with Crippen LogP contribution in [0.15, 0.2) is 0 Å². The van der Waals surface area contributed by atoms with Crippen molar-refractivity contribution in [3.05, 3.63) is 0 Å². The minimum atomic E-state index is -0.436. The first-order chi connectivity index (χ1) is 7.30. The summed E-state index contributed by atoms with van der Waals surface area (Å²) < 4.78 is 0. The van der Waals surface area contributed by atoms with Crippen molar-refractivity contribution >= 4 is 5.91 Å². The third-order valence-corrected chi connectivity index (χ3v) is 2.77. The first-order valence-electron chi connectivity index (χ1n) is 5.94. The summed E-state index contributed by atoms with van der Waals surface area (Å²) in [4.78, 5) is 11.6. The molecule has 0 radical (unpaired) electrons. The number of aliphatic hydroxyl groups excluding tert-OH is 1. The molecule has 0 aliphatic heterocycles. The van der Waals surface area contributed by atoms with Crippen LogP contribution in [0.3, 0.4) is 0 Å². The van der Waals surface area contributed by atoms with Crippen LogP contribution in [0.4, 0.5) is 0 Å². The Balaban J connectivity index is 3.99. The van der Waals surface area contributed by atoms with Crippen LogP contribution in [0.1, 0.15) is 40.5 Å². The summed E-state index contributed by atoms with van der Waals surface area (Å²) in [7, 11) is 0. The van der Waals surface area contributed by atoms with E-state index in [0.29, 0.717) is 6.54 Å². The molecule has 0 aliphatic rings. The van der Waals surface area contributed by atoms with Crippen LogP contribution < -0.4 is 11.1 Å². The molecule has 4 N–H and O–H groups in total. The monoisotopic (exact) mass is 230 g/mol. The highest BCUT2D eigenvalue weighted by atomic mass is 16.2. The van der Waals surface area contributed by atoms with Gasteiger partial charge in [-0.2, -0.15) is 0 Å². The fraction of sp³-hybridized carbons (Fsp3) is 0.917. The Labute approximate surface area is 98.6 Å². The van der Waals surface area contributed by atoms with Gasteiger partial charge < -0.3 is 16.2 Å². The molecule has 0 rings (SSSR count). The minimum absolute atomic E-state index is 0.00902. The summed E-state index contributed by atoms with van der Waals surface area (Å²) in [5.41, 5.74) is 5.75. The van der Waals surface area contributed by atoms with Crippen LogP contribution in [0.25, 0.3) is 0 Å². The topological polar surface area (TPSA) is 75.4 Å². The van der Waals surface area contributed by atoms with Crippen molar-refractivity contribution in [1.82, 2.24) is 5.32 Å². The van der Waals surface area contributed by atoms with E-state index in [4.69, 9.17) is 10.8 Å². The molecule has 0 bridgehead atoms. The highest BCUT2D eigenvalue weighted by Crippen LogP contribution is 2.20. The van der Waals surface area contributed by atoms with Crippen LogP contribution in [0.2, 0.25) is 0 Å². The Morgan fingerprint density at radius 1 is 1.44 bits per heavy atom. The molecule has 0 saturated carbocycles. The van der Waals surface area contributed by atoms with Crippen molar-refractivity contribution in [3.8, 4) is 0 Å². The van der Waals surface area contributed by atoms with E-state index in [9.17, 15) is 4.79 Å². The van der Waals surface area contributed by atoms with Gasteiger partial charge in [0.2, 0.25) is 5.91 Å². The van der Waals surface area contributed by atoms with Crippen LogP contribution in [0, 0.1) is 11.3 Å². The lowest BCUT2D eigenvalue weighted by Crippen LogP contribution is -2.46. The van der Waals surface area contributed by atoms with E-state index < -0.39 is 6.04 Å². The fourth-order valence-corrected chi connectivity index (χ4v) is 1.39. The van der Waals surface area contributed by atoms with Gasteiger partial charge in [-0.3, -0.25) is 4.79 Å². The van der Waals surface area contributed by atoms with Gasteiger partial charge in [-0.15, -0.1) is 0 Å². The minimum Gasteiger partial charge on any atom is -0.396 e. The van der Waals surface area contributed by atoms with E-state index in [0.717, 1.165) is 12.8 Å². The number of aliphatic hydroxyl groups is 1. The van der Waals surface area contributed by atoms with Gasteiger partial charge in [0.05, 0.1) is 6.04 Å². The molecule has 0 spiro atoms. The van der Waals surface area contributed by atoms with Crippen molar-refractivity contribution in [2.24, 2.45) is 17.1 Å². The first kappa shape index (κ1) is 15.4. The Kier molecular flexibility index (Phi) is 6.60. The Morgan fingerprint density at radius 3 is 2.44 bits per heavy atom. The summed E-state index contributed by atoms with van der Waals surface area (Å²) in [5, 5.41) is 11.6. The SMILES string of the molecule is CC(C)[C@H](N)C(=O)NCC(C)(C)CCCO. The Hall–Kier alpha value is -0.610. The zero-order valence-corrected chi connectivity index (χ0v) is 10.9. The predicted octanol–water partition coefficient (Wildman–Crippen LogP) is 0.885. The number of rotatable bonds is 7. The predicted molar refractivity (Wildman–Crippen MR) is 65.9 cm³/mol.